The lowest BCUT2D eigenvalue weighted by Gasteiger charge is -2.56. The minimum atomic E-state index is -0.370. The topological polar surface area (TPSA) is 52.2 Å². The van der Waals surface area contributed by atoms with E-state index in [1.807, 2.05) is 0 Å². The number of imidazole rings is 1. The lowest BCUT2D eigenvalue weighted by atomic mass is 9.84. The number of amides is 1. The first-order valence-electron chi connectivity index (χ1n) is 9.07. The molecule has 0 radical (unpaired) electrons. The Hall–Kier alpha value is -1.66. The van der Waals surface area contributed by atoms with Crippen molar-refractivity contribution in [1.29, 1.82) is 0 Å². The molecule has 1 aromatic carbocycles. The minimum absolute atomic E-state index is 0.0173. The fourth-order valence-electron chi connectivity index (χ4n) is 4.16. The Bertz CT molecular complexity index is 847. The number of aromatic nitrogens is 2. The van der Waals surface area contributed by atoms with Gasteiger partial charge in [0, 0.05) is 31.6 Å². The molecule has 2 unspecified atom stereocenters. The molecule has 3 fully saturated rings. The van der Waals surface area contributed by atoms with E-state index in [0.29, 0.717) is 41.1 Å². The molecule has 5 rings (SSSR count). The van der Waals surface area contributed by atoms with Crippen molar-refractivity contribution in [1.82, 2.24) is 19.8 Å². The van der Waals surface area contributed by atoms with Crippen LogP contribution in [0, 0.1) is 11.2 Å². The van der Waals surface area contributed by atoms with Crippen molar-refractivity contribution in [2.45, 2.75) is 52.2 Å². The van der Waals surface area contributed by atoms with Crippen LogP contribution >= 0.6 is 11.6 Å². The van der Waals surface area contributed by atoms with Gasteiger partial charge in [-0.05, 0) is 24.0 Å². The zero-order chi connectivity index (χ0) is 18.6. The number of benzene rings is 1. The molecule has 2 atom stereocenters. The van der Waals surface area contributed by atoms with Crippen molar-refractivity contribution >= 4 is 28.5 Å². The predicted octanol–water partition coefficient (Wildman–Crippen LogP) is 3.58. The zero-order valence-electron chi connectivity index (χ0n) is 15.4. The number of nitrogens with zero attached hydrogens (tertiary/aromatic N) is 3. The maximum absolute atomic E-state index is 13.5. The molecular weight excluding hydrogens is 355 g/mol. The predicted molar refractivity (Wildman–Crippen MR) is 99.4 cm³/mol. The van der Waals surface area contributed by atoms with E-state index in [2.05, 4.69) is 40.5 Å². The van der Waals surface area contributed by atoms with Crippen LogP contribution in [0.3, 0.4) is 0 Å². The summed E-state index contributed by atoms with van der Waals surface area (Å²) in [4.78, 5) is 24.6. The highest BCUT2D eigenvalue weighted by atomic mass is 35.5. The highest BCUT2D eigenvalue weighted by Crippen LogP contribution is 2.35. The van der Waals surface area contributed by atoms with Gasteiger partial charge in [-0.2, -0.15) is 0 Å². The van der Waals surface area contributed by atoms with E-state index in [4.69, 9.17) is 11.6 Å². The molecule has 0 saturated carbocycles. The van der Waals surface area contributed by atoms with Gasteiger partial charge in [-0.1, -0.05) is 32.4 Å². The number of H-pyrrole nitrogens is 1. The van der Waals surface area contributed by atoms with Crippen molar-refractivity contribution < 1.29 is 9.18 Å². The van der Waals surface area contributed by atoms with Crippen LogP contribution in [0.25, 0.3) is 11.0 Å². The molecule has 1 amide bonds. The molecule has 3 aliphatic heterocycles. The first-order chi connectivity index (χ1) is 12.2. The van der Waals surface area contributed by atoms with Gasteiger partial charge in [-0.15, -0.1) is 0 Å². The molecule has 140 valence electrons. The summed E-state index contributed by atoms with van der Waals surface area (Å²) < 4.78 is 13.5. The first kappa shape index (κ1) is 17.7. The second-order valence-corrected chi connectivity index (χ2v) is 9.15. The number of fused-ring (bicyclic) bond motifs is 3. The first-order valence-corrected chi connectivity index (χ1v) is 9.44. The normalized spacial score (nSPS) is 23.3. The van der Waals surface area contributed by atoms with E-state index < -0.39 is 0 Å². The molecule has 1 aromatic heterocycles. The van der Waals surface area contributed by atoms with Gasteiger partial charge >= 0.3 is 0 Å². The van der Waals surface area contributed by atoms with Gasteiger partial charge < -0.3 is 9.88 Å². The maximum Gasteiger partial charge on any atom is 0.223 e. The summed E-state index contributed by atoms with van der Waals surface area (Å²) >= 11 is 6.08. The Morgan fingerprint density at radius 2 is 2.04 bits per heavy atom. The van der Waals surface area contributed by atoms with Gasteiger partial charge in [-0.3, -0.25) is 9.69 Å². The van der Waals surface area contributed by atoms with Crippen LogP contribution in [0.2, 0.25) is 5.02 Å². The van der Waals surface area contributed by atoms with Gasteiger partial charge in [0.1, 0.15) is 17.2 Å². The minimum Gasteiger partial charge on any atom is -0.341 e. The van der Waals surface area contributed by atoms with E-state index in [-0.39, 0.29) is 17.1 Å². The Balaban J connectivity index is 1.42. The van der Waals surface area contributed by atoms with Gasteiger partial charge in [0.2, 0.25) is 5.91 Å². The number of carbonyl (C=O) groups excluding carboxylic acids is 1. The summed E-state index contributed by atoms with van der Waals surface area (Å²) in [6.45, 7) is 8.66. The molecule has 1 N–H and O–H groups in total. The van der Waals surface area contributed by atoms with Gasteiger partial charge in [0.15, 0.2) is 0 Å². The Labute approximate surface area is 157 Å². The number of carbonyl (C=O) groups is 1. The molecule has 0 aliphatic carbocycles. The third-order valence-electron chi connectivity index (χ3n) is 5.17. The summed E-state index contributed by atoms with van der Waals surface area (Å²) in [7, 11) is 0. The average Bonchev–Trinajstić information content (AvgIpc) is 2.87. The highest BCUT2D eigenvalue weighted by Gasteiger charge is 2.47. The highest BCUT2D eigenvalue weighted by molar-refractivity contribution is 6.34. The van der Waals surface area contributed by atoms with Gasteiger partial charge in [0.25, 0.3) is 0 Å². The van der Waals surface area contributed by atoms with Crippen LogP contribution in [-0.2, 0) is 11.3 Å². The maximum atomic E-state index is 13.5. The largest absolute Gasteiger partial charge is 0.341 e. The van der Waals surface area contributed by atoms with Crippen molar-refractivity contribution in [3.8, 4) is 0 Å². The van der Waals surface area contributed by atoms with E-state index in [9.17, 15) is 9.18 Å². The van der Waals surface area contributed by atoms with Gasteiger partial charge in [-0.25, -0.2) is 9.37 Å². The second-order valence-electron chi connectivity index (χ2n) is 8.74. The Morgan fingerprint density at radius 1 is 1.35 bits per heavy atom. The summed E-state index contributed by atoms with van der Waals surface area (Å²) in [5.41, 5.74) is 1.24. The zero-order valence-corrected chi connectivity index (χ0v) is 16.1. The number of hydrogen-bond donors (Lipinski definition) is 1. The number of aromatic amines is 1. The van der Waals surface area contributed by atoms with E-state index in [0.717, 1.165) is 25.3 Å². The number of piperidine rings is 1. The Morgan fingerprint density at radius 3 is 2.69 bits per heavy atom. The molecule has 26 heavy (non-hydrogen) atoms. The third kappa shape index (κ3) is 3.32. The number of nitrogens with one attached hydrogen (secondary N) is 1. The van der Waals surface area contributed by atoms with Gasteiger partial charge in [0.05, 0.1) is 17.1 Å². The quantitative estimate of drug-likeness (QED) is 0.888. The van der Waals surface area contributed by atoms with E-state index in [1.165, 1.54) is 12.1 Å². The number of rotatable bonds is 3. The lowest BCUT2D eigenvalue weighted by Crippen LogP contribution is -2.70. The van der Waals surface area contributed by atoms with Crippen LogP contribution in [0.4, 0.5) is 4.39 Å². The second kappa shape index (κ2) is 6.20. The summed E-state index contributed by atoms with van der Waals surface area (Å²) in [6.07, 6.45) is 1.68. The molecule has 5 nitrogen and oxygen atoms in total. The van der Waals surface area contributed by atoms with Crippen LogP contribution in [-0.4, -0.2) is 50.8 Å². The van der Waals surface area contributed by atoms with E-state index in [1.54, 1.807) is 0 Å². The summed E-state index contributed by atoms with van der Waals surface area (Å²) in [5.74, 6) is 0.677. The van der Waals surface area contributed by atoms with Crippen LogP contribution in [0.1, 0.15) is 39.4 Å². The number of hydrogen-bond acceptors (Lipinski definition) is 3. The fraction of sp³-hybridized carbons (Fsp3) is 0.579. The van der Waals surface area contributed by atoms with E-state index >= 15 is 0 Å². The molecular formula is C19H24ClFN4O. The molecule has 7 heteroatoms. The molecule has 0 spiro atoms. The van der Waals surface area contributed by atoms with Crippen LogP contribution in [0.5, 0.6) is 0 Å². The van der Waals surface area contributed by atoms with Crippen molar-refractivity contribution in [2.24, 2.45) is 5.41 Å². The standard InChI is InChI=1S/C19H24ClFN4O/c1-19(2,3)7-17(26)25-12-6-13(25)9-24(8-12)10-16-22-15-5-11(21)4-14(20)18(15)23-16/h4-5,12-13H,6-10H2,1-3H3,(H,22,23). The van der Waals surface area contributed by atoms with Crippen molar-refractivity contribution in [2.75, 3.05) is 13.1 Å². The molecule has 2 aromatic rings. The molecule has 4 heterocycles. The lowest BCUT2D eigenvalue weighted by molar-refractivity contribution is -0.156. The Kier molecular flexibility index (Phi) is 4.23. The van der Waals surface area contributed by atoms with Crippen LogP contribution < -0.4 is 0 Å². The average molecular weight is 379 g/mol. The SMILES string of the molecule is CC(C)(C)CC(=O)N1C2CC1CN(Cc1nc3c(Cl)cc(F)cc3[nH]1)C2. The van der Waals surface area contributed by atoms with Crippen molar-refractivity contribution in [3.63, 3.8) is 0 Å². The van der Waals surface area contributed by atoms with Crippen molar-refractivity contribution in [3.05, 3.63) is 28.8 Å². The number of halogens is 2. The van der Waals surface area contributed by atoms with Crippen LogP contribution in [0.15, 0.2) is 12.1 Å². The smallest absolute Gasteiger partial charge is 0.223 e. The monoisotopic (exact) mass is 378 g/mol. The molecule has 3 aliphatic rings. The summed E-state index contributed by atoms with van der Waals surface area (Å²) in [5, 5.41) is 0.322. The third-order valence-corrected chi connectivity index (χ3v) is 5.45. The number of piperazine rings is 1. The fourth-order valence-corrected chi connectivity index (χ4v) is 4.41. The molecule has 2 bridgehead atoms. The summed E-state index contributed by atoms with van der Waals surface area (Å²) in [6, 6.07) is 3.30. The molecule has 3 saturated heterocycles.